The summed E-state index contributed by atoms with van der Waals surface area (Å²) < 4.78 is 0. The summed E-state index contributed by atoms with van der Waals surface area (Å²) in [4.78, 5) is 13.7. The molecule has 1 atom stereocenters. The quantitative estimate of drug-likeness (QED) is 0.823. The number of nitrogens with one attached hydrogen (secondary N) is 1. The lowest BCUT2D eigenvalue weighted by Gasteiger charge is -2.20. The van der Waals surface area contributed by atoms with Gasteiger partial charge in [0.15, 0.2) is 0 Å². The first kappa shape index (κ1) is 16.0. The molecule has 0 amide bonds. The maximum Gasteiger partial charge on any atom is 0.226 e. The Morgan fingerprint density at radius 1 is 1.38 bits per heavy atom. The maximum absolute atomic E-state index is 9.47. The molecule has 0 saturated heterocycles. The van der Waals surface area contributed by atoms with Crippen molar-refractivity contribution >= 4 is 33.3 Å². The van der Waals surface area contributed by atoms with Crippen LogP contribution in [-0.4, -0.2) is 41.3 Å². The number of fused-ring (bicyclic) bond motifs is 1. The molecule has 0 aliphatic rings. The zero-order valence-corrected chi connectivity index (χ0v) is 14.0. The lowest BCUT2D eigenvalue weighted by molar-refractivity contribution is 0.187. The van der Waals surface area contributed by atoms with Crippen molar-refractivity contribution in [3.63, 3.8) is 0 Å². The van der Waals surface area contributed by atoms with Gasteiger partial charge in [-0.25, -0.2) is 4.98 Å². The Labute approximate surface area is 130 Å². The fraction of sp³-hybridized carbons (Fsp3) is 0.600. The molecular formula is C15H24N4OS. The molecule has 0 aliphatic carbocycles. The van der Waals surface area contributed by atoms with Gasteiger partial charge in [-0.15, -0.1) is 11.3 Å². The average Bonchev–Trinajstić information content (AvgIpc) is 2.87. The van der Waals surface area contributed by atoms with Crippen LogP contribution in [0.4, 0.5) is 11.8 Å². The topological polar surface area (TPSA) is 61.3 Å². The first-order valence-corrected chi connectivity index (χ1v) is 8.30. The lowest BCUT2D eigenvalue weighted by atomic mass is 10.2. The Balaban J connectivity index is 2.40. The summed E-state index contributed by atoms with van der Waals surface area (Å²) in [6.45, 7) is 7.57. The van der Waals surface area contributed by atoms with Crippen LogP contribution < -0.4 is 10.2 Å². The van der Waals surface area contributed by atoms with E-state index < -0.39 is 0 Å². The number of rotatable bonds is 7. The predicted octanol–water partition coefficient (Wildman–Crippen LogP) is 2.89. The van der Waals surface area contributed by atoms with Crippen LogP contribution in [0.5, 0.6) is 0 Å². The van der Waals surface area contributed by atoms with E-state index in [9.17, 15) is 5.11 Å². The molecule has 6 heteroatoms. The number of aliphatic hydroxyl groups is 1. The van der Waals surface area contributed by atoms with Crippen molar-refractivity contribution in [2.75, 3.05) is 30.4 Å². The predicted molar refractivity (Wildman–Crippen MR) is 90.5 cm³/mol. The summed E-state index contributed by atoms with van der Waals surface area (Å²) in [5.41, 5.74) is 0. The number of aromatic nitrogens is 2. The molecule has 21 heavy (non-hydrogen) atoms. The van der Waals surface area contributed by atoms with Crippen LogP contribution in [0.3, 0.4) is 0 Å². The minimum Gasteiger partial charge on any atom is -0.393 e. The van der Waals surface area contributed by atoms with Crippen LogP contribution in [-0.2, 0) is 6.42 Å². The average molecular weight is 308 g/mol. The summed E-state index contributed by atoms with van der Waals surface area (Å²) in [6.07, 6.45) is 1.43. The SMILES string of the molecule is CCNc1nc(N(C)CCC(C)O)c2cc(CC)sc2n1. The second-order valence-corrected chi connectivity index (χ2v) is 6.36. The Kier molecular flexibility index (Phi) is 5.36. The van der Waals surface area contributed by atoms with Gasteiger partial charge in [0.1, 0.15) is 10.6 Å². The van der Waals surface area contributed by atoms with Gasteiger partial charge < -0.3 is 15.3 Å². The second kappa shape index (κ2) is 7.04. The van der Waals surface area contributed by atoms with Gasteiger partial charge in [-0.3, -0.25) is 0 Å². The van der Waals surface area contributed by atoms with E-state index in [0.717, 1.165) is 42.0 Å². The molecular weight excluding hydrogens is 284 g/mol. The van der Waals surface area contributed by atoms with Crippen LogP contribution in [0.15, 0.2) is 6.07 Å². The molecule has 0 radical (unpaired) electrons. The largest absolute Gasteiger partial charge is 0.393 e. The standard InChI is InChI=1S/C15H24N4OS/c1-5-11-9-12-13(19(4)8-7-10(3)20)17-15(16-6-2)18-14(12)21-11/h9-10,20H,5-8H2,1-4H3,(H,16,17,18). The van der Waals surface area contributed by atoms with Gasteiger partial charge in [0.2, 0.25) is 5.95 Å². The molecule has 0 aliphatic heterocycles. The van der Waals surface area contributed by atoms with E-state index in [-0.39, 0.29) is 6.10 Å². The summed E-state index contributed by atoms with van der Waals surface area (Å²) in [7, 11) is 2.02. The van der Waals surface area contributed by atoms with Crippen molar-refractivity contribution in [2.45, 2.75) is 39.7 Å². The molecule has 116 valence electrons. The number of aryl methyl sites for hydroxylation is 1. The second-order valence-electron chi connectivity index (χ2n) is 5.25. The van der Waals surface area contributed by atoms with E-state index in [1.807, 2.05) is 20.9 Å². The highest BCUT2D eigenvalue weighted by Gasteiger charge is 2.14. The van der Waals surface area contributed by atoms with Crippen LogP contribution in [0.2, 0.25) is 0 Å². The lowest BCUT2D eigenvalue weighted by Crippen LogP contribution is -2.23. The van der Waals surface area contributed by atoms with Crippen molar-refractivity contribution in [2.24, 2.45) is 0 Å². The highest BCUT2D eigenvalue weighted by molar-refractivity contribution is 7.18. The zero-order chi connectivity index (χ0) is 15.4. The molecule has 2 rings (SSSR count). The summed E-state index contributed by atoms with van der Waals surface area (Å²) in [5.74, 6) is 1.61. The molecule has 2 aromatic rings. The van der Waals surface area contributed by atoms with Crippen molar-refractivity contribution in [1.29, 1.82) is 0 Å². The first-order valence-electron chi connectivity index (χ1n) is 7.48. The van der Waals surface area contributed by atoms with Gasteiger partial charge in [-0.2, -0.15) is 4.98 Å². The van der Waals surface area contributed by atoms with E-state index in [1.165, 1.54) is 4.88 Å². The van der Waals surface area contributed by atoms with Gasteiger partial charge in [0, 0.05) is 25.0 Å². The van der Waals surface area contributed by atoms with E-state index in [4.69, 9.17) is 0 Å². The van der Waals surface area contributed by atoms with E-state index >= 15 is 0 Å². The van der Waals surface area contributed by atoms with Crippen molar-refractivity contribution in [3.8, 4) is 0 Å². The third-order valence-electron chi connectivity index (χ3n) is 3.35. The summed E-state index contributed by atoms with van der Waals surface area (Å²) >= 11 is 1.73. The van der Waals surface area contributed by atoms with Crippen molar-refractivity contribution < 1.29 is 5.11 Å². The normalized spacial score (nSPS) is 12.6. The smallest absolute Gasteiger partial charge is 0.226 e. The number of hydrogen-bond acceptors (Lipinski definition) is 6. The van der Waals surface area contributed by atoms with Crippen molar-refractivity contribution in [3.05, 3.63) is 10.9 Å². The van der Waals surface area contributed by atoms with Crippen LogP contribution in [0.1, 0.15) is 32.1 Å². The molecule has 1 unspecified atom stereocenters. The Morgan fingerprint density at radius 2 is 2.14 bits per heavy atom. The Hall–Kier alpha value is -1.40. The number of anilines is 2. The molecule has 0 bridgehead atoms. The number of thiophene rings is 1. The van der Waals surface area contributed by atoms with Gasteiger partial charge in [-0.1, -0.05) is 6.92 Å². The number of aliphatic hydroxyl groups excluding tert-OH is 1. The fourth-order valence-corrected chi connectivity index (χ4v) is 3.11. The Morgan fingerprint density at radius 3 is 2.76 bits per heavy atom. The van der Waals surface area contributed by atoms with Gasteiger partial charge in [0.05, 0.1) is 11.5 Å². The monoisotopic (exact) mass is 308 g/mol. The molecule has 0 saturated carbocycles. The highest BCUT2D eigenvalue weighted by atomic mass is 32.1. The maximum atomic E-state index is 9.47. The van der Waals surface area contributed by atoms with E-state index in [0.29, 0.717) is 5.95 Å². The third-order valence-corrected chi connectivity index (χ3v) is 4.52. The molecule has 0 aromatic carbocycles. The van der Waals surface area contributed by atoms with Crippen LogP contribution >= 0.6 is 11.3 Å². The minimum absolute atomic E-state index is 0.299. The van der Waals surface area contributed by atoms with Crippen LogP contribution in [0, 0.1) is 0 Å². The molecule has 2 heterocycles. The highest BCUT2D eigenvalue weighted by Crippen LogP contribution is 2.32. The molecule has 2 aromatic heterocycles. The van der Waals surface area contributed by atoms with Crippen LogP contribution in [0.25, 0.3) is 10.2 Å². The third kappa shape index (κ3) is 3.83. The van der Waals surface area contributed by atoms with Crippen molar-refractivity contribution in [1.82, 2.24) is 9.97 Å². The number of hydrogen-bond donors (Lipinski definition) is 2. The summed E-state index contributed by atoms with van der Waals surface area (Å²) in [6, 6.07) is 2.18. The van der Waals surface area contributed by atoms with E-state index in [1.54, 1.807) is 11.3 Å². The molecule has 0 spiro atoms. The minimum atomic E-state index is -0.299. The van der Waals surface area contributed by atoms with Gasteiger partial charge in [-0.05, 0) is 32.8 Å². The van der Waals surface area contributed by atoms with Gasteiger partial charge in [0.25, 0.3) is 0 Å². The molecule has 2 N–H and O–H groups in total. The Bertz CT molecular complexity index is 597. The van der Waals surface area contributed by atoms with E-state index in [2.05, 4.69) is 33.2 Å². The fourth-order valence-electron chi connectivity index (χ4n) is 2.15. The summed E-state index contributed by atoms with van der Waals surface area (Å²) in [5, 5.41) is 13.8. The number of nitrogens with zero attached hydrogens (tertiary/aromatic N) is 3. The molecule has 0 fully saturated rings. The first-order chi connectivity index (χ1) is 10.0. The molecule has 5 nitrogen and oxygen atoms in total. The zero-order valence-electron chi connectivity index (χ0n) is 13.2. The van der Waals surface area contributed by atoms with Gasteiger partial charge >= 0.3 is 0 Å².